The molecule has 6 nitrogen and oxygen atoms in total. The van der Waals surface area contributed by atoms with E-state index in [1.54, 1.807) is 17.2 Å². The zero-order valence-electron chi connectivity index (χ0n) is 18.9. The number of nitrogens with one attached hydrogen (secondary N) is 1. The minimum Gasteiger partial charge on any atom is -0.365 e. The second-order valence-electron chi connectivity index (χ2n) is 9.13. The third-order valence-corrected chi connectivity index (χ3v) is 6.70. The molecule has 0 unspecified atom stereocenters. The molecule has 2 aliphatic heterocycles. The zero-order valence-corrected chi connectivity index (χ0v) is 18.9. The van der Waals surface area contributed by atoms with Crippen molar-refractivity contribution in [1.82, 2.24) is 19.9 Å². The molecule has 1 aliphatic carbocycles. The lowest BCUT2D eigenvalue weighted by atomic mass is 9.76. The Morgan fingerprint density at radius 3 is 2.63 bits per heavy atom. The molecule has 35 heavy (non-hydrogen) atoms. The van der Waals surface area contributed by atoms with Gasteiger partial charge in [0, 0.05) is 36.7 Å². The lowest BCUT2D eigenvalue weighted by Gasteiger charge is -2.50. The molecule has 3 atom stereocenters. The number of fused-ring (bicyclic) bond motifs is 3. The van der Waals surface area contributed by atoms with E-state index in [0.717, 1.165) is 37.1 Å². The number of anilines is 1. The molecule has 182 valence electrons. The lowest BCUT2D eigenvalue weighted by Crippen LogP contribution is -2.60. The summed E-state index contributed by atoms with van der Waals surface area (Å²) in [4.78, 5) is 27.9. The molecule has 6 rings (SSSR count). The normalized spacial score (nSPS) is 21.7. The van der Waals surface area contributed by atoms with E-state index in [2.05, 4.69) is 20.3 Å². The second-order valence-corrected chi connectivity index (χ2v) is 9.13. The lowest BCUT2D eigenvalue weighted by molar-refractivity contribution is -0.137. The van der Waals surface area contributed by atoms with Gasteiger partial charge in [-0.2, -0.15) is 13.2 Å². The van der Waals surface area contributed by atoms with Gasteiger partial charge in [0.25, 0.3) is 5.91 Å². The number of pyridine rings is 3. The predicted octanol–water partition coefficient (Wildman–Crippen LogP) is 5.11. The number of amides is 1. The Morgan fingerprint density at radius 1 is 1.11 bits per heavy atom. The van der Waals surface area contributed by atoms with E-state index in [1.165, 1.54) is 24.4 Å². The molecule has 3 fully saturated rings. The van der Waals surface area contributed by atoms with Gasteiger partial charge < -0.3 is 10.2 Å². The summed E-state index contributed by atoms with van der Waals surface area (Å²) in [5.74, 6) is -0.294. The molecular weight excluding hydrogens is 462 g/mol. The monoisotopic (exact) mass is 485 g/mol. The number of carbonyl (C=O) groups is 1. The number of carbonyl (C=O) groups excluding carboxylic acids is 1. The quantitative estimate of drug-likeness (QED) is 0.520. The number of hydrogen-bond donors (Lipinski definition) is 1. The third kappa shape index (κ3) is 4.56. The summed E-state index contributed by atoms with van der Waals surface area (Å²) in [7, 11) is 0. The molecule has 2 bridgehead atoms. The maximum atomic E-state index is 14.5. The second kappa shape index (κ2) is 8.90. The molecule has 0 spiro atoms. The van der Waals surface area contributed by atoms with E-state index in [9.17, 15) is 22.4 Å². The first-order chi connectivity index (χ1) is 16.7. The van der Waals surface area contributed by atoms with Crippen LogP contribution in [-0.2, 0) is 6.18 Å². The number of aryl methyl sites for hydroxylation is 1. The van der Waals surface area contributed by atoms with Gasteiger partial charge in [0.1, 0.15) is 23.0 Å². The van der Waals surface area contributed by atoms with Crippen LogP contribution >= 0.6 is 0 Å². The summed E-state index contributed by atoms with van der Waals surface area (Å²) in [6.07, 6.45) is 1.86. The molecule has 0 aromatic carbocycles. The predicted molar refractivity (Wildman–Crippen MR) is 121 cm³/mol. The van der Waals surface area contributed by atoms with Crippen LogP contribution in [0.25, 0.3) is 11.3 Å². The summed E-state index contributed by atoms with van der Waals surface area (Å²) in [6, 6.07) is 6.41. The number of aromatic nitrogens is 3. The zero-order chi connectivity index (χ0) is 24.7. The van der Waals surface area contributed by atoms with E-state index in [0.29, 0.717) is 17.9 Å². The Balaban J connectivity index is 1.41. The fourth-order valence-corrected chi connectivity index (χ4v) is 5.06. The molecule has 2 saturated heterocycles. The molecule has 1 saturated carbocycles. The fraction of sp³-hybridized carbons (Fsp3) is 0.360. The van der Waals surface area contributed by atoms with Crippen molar-refractivity contribution in [1.29, 1.82) is 0 Å². The Morgan fingerprint density at radius 2 is 1.94 bits per heavy atom. The van der Waals surface area contributed by atoms with Gasteiger partial charge in [0.05, 0.1) is 11.6 Å². The SMILES string of the molecule is Cc1cnc(C(=O)N2C[C@@H]3CC[C@H]2[C@H](Nc2ccc(C(F)(F)F)cn2)C3)c(-c2ncccc2F)c1. The van der Waals surface area contributed by atoms with Gasteiger partial charge in [0.15, 0.2) is 0 Å². The first kappa shape index (κ1) is 23.2. The number of alkyl halides is 3. The van der Waals surface area contributed by atoms with Crippen LogP contribution in [0.15, 0.2) is 48.9 Å². The van der Waals surface area contributed by atoms with E-state index < -0.39 is 17.6 Å². The van der Waals surface area contributed by atoms with Gasteiger partial charge in [-0.3, -0.25) is 14.8 Å². The highest BCUT2D eigenvalue weighted by molar-refractivity contribution is 5.99. The minimum atomic E-state index is -4.45. The van der Waals surface area contributed by atoms with Gasteiger partial charge in [-0.25, -0.2) is 9.37 Å². The summed E-state index contributed by atoms with van der Waals surface area (Å²) in [5.41, 5.74) is 0.493. The third-order valence-electron chi connectivity index (χ3n) is 6.70. The van der Waals surface area contributed by atoms with Crippen LogP contribution in [-0.4, -0.2) is 44.4 Å². The molecule has 1 amide bonds. The van der Waals surface area contributed by atoms with Crippen molar-refractivity contribution in [2.75, 3.05) is 11.9 Å². The van der Waals surface area contributed by atoms with Gasteiger partial charge >= 0.3 is 6.18 Å². The summed E-state index contributed by atoms with van der Waals surface area (Å²) in [6.45, 7) is 2.35. The first-order valence-corrected chi connectivity index (χ1v) is 11.4. The number of nitrogens with zero attached hydrogens (tertiary/aromatic N) is 4. The average molecular weight is 485 g/mol. The van der Waals surface area contributed by atoms with Crippen molar-refractivity contribution in [2.45, 2.75) is 44.4 Å². The van der Waals surface area contributed by atoms with Crippen molar-refractivity contribution in [3.05, 3.63) is 71.6 Å². The van der Waals surface area contributed by atoms with Crippen molar-refractivity contribution < 1.29 is 22.4 Å². The van der Waals surface area contributed by atoms with Crippen molar-refractivity contribution >= 4 is 11.7 Å². The van der Waals surface area contributed by atoms with Crippen LogP contribution in [0.5, 0.6) is 0 Å². The molecule has 1 N–H and O–H groups in total. The molecule has 10 heteroatoms. The van der Waals surface area contributed by atoms with Crippen molar-refractivity contribution in [3.63, 3.8) is 0 Å². The van der Waals surface area contributed by atoms with Gasteiger partial charge in [-0.15, -0.1) is 0 Å². The van der Waals surface area contributed by atoms with Crippen LogP contribution in [0.1, 0.15) is 40.9 Å². The molecule has 5 heterocycles. The molecular formula is C25H23F4N5O. The van der Waals surface area contributed by atoms with Crippen LogP contribution in [0.4, 0.5) is 23.4 Å². The average Bonchev–Trinajstić information content (AvgIpc) is 2.84. The van der Waals surface area contributed by atoms with Crippen LogP contribution < -0.4 is 5.32 Å². The number of piperidine rings is 2. The van der Waals surface area contributed by atoms with E-state index in [4.69, 9.17) is 0 Å². The molecule has 3 aromatic rings. The topological polar surface area (TPSA) is 71.0 Å². The van der Waals surface area contributed by atoms with Crippen LogP contribution in [0, 0.1) is 18.7 Å². The molecule has 0 radical (unpaired) electrons. The van der Waals surface area contributed by atoms with E-state index >= 15 is 0 Å². The van der Waals surface area contributed by atoms with Crippen molar-refractivity contribution in [2.24, 2.45) is 5.92 Å². The number of rotatable bonds is 4. The highest BCUT2D eigenvalue weighted by atomic mass is 19.4. The van der Waals surface area contributed by atoms with Crippen molar-refractivity contribution in [3.8, 4) is 11.3 Å². The maximum absolute atomic E-state index is 14.5. The Labute approximate surface area is 199 Å². The maximum Gasteiger partial charge on any atom is 0.417 e. The van der Waals surface area contributed by atoms with E-state index in [-0.39, 0.29) is 35.3 Å². The van der Waals surface area contributed by atoms with E-state index in [1.807, 2.05) is 6.92 Å². The Kier molecular flexibility index (Phi) is 5.90. The smallest absolute Gasteiger partial charge is 0.365 e. The largest absolute Gasteiger partial charge is 0.417 e. The highest BCUT2D eigenvalue weighted by Gasteiger charge is 2.44. The van der Waals surface area contributed by atoms with Crippen LogP contribution in [0.2, 0.25) is 0 Å². The van der Waals surface area contributed by atoms with Gasteiger partial charge in [0.2, 0.25) is 0 Å². The first-order valence-electron chi connectivity index (χ1n) is 11.4. The molecule has 3 aromatic heterocycles. The van der Waals surface area contributed by atoms with Gasteiger partial charge in [-0.05, 0) is 68.0 Å². The Bertz CT molecular complexity index is 1250. The van der Waals surface area contributed by atoms with Crippen LogP contribution in [0.3, 0.4) is 0 Å². The number of hydrogen-bond acceptors (Lipinski definition) is 5. The molecule has 3 aliphatic rings. The number of halogens is 4. The standard InChI is InChI=1S/C25H23F4N5O/c1-14-9-17(22-18(26)3-2-8-30-22)23(32-11-14)24(35)34-13-15-4-6-20(34)19(10-15)33-21-7-5-16(12-31-21)25(27,28)29/h2-3,5,7-9,11-12,15,19-20H,4,6,10,13H2,1H3,(H,31,33)/t15-,19-,20+/m1/s1. The minimum absolute atomic E-state index is 0.0675. The van der Waals surface area contributed by atoms with Gasteiger partial charge in [-0.1, -0.05) is 0 Å². The summed E-state index contributed by atoms with van der Waals surface area (Å²) in [5, 5.41) is 3.23. The summed E-state index contributed by atoms with van der Waals surface area (Å²) >= 11 is 0. The highest BCUT2D eigenvalue weighted by Crippen LogP contribution is 2.38. The Hall–Kier alpha value is -3.56. The summed E-state index contributed by atoms with van der Waals surface area (Å²) < 4.78 is 53.2. The fourth-order valence-electron chi connectivity index (χ4n) is 5.06.